The van der Waals surface area contributed by atoms with Gasteiger partial charge < -0.3 is 15.5 Å². The first-order chi connectivity index (χ1) is 8.65. The monoisotopic (exact) mass is 268 g/mol. The summed E-state index contributed by atoms with van der Waals surface area (Å²) in [4.78, 5) is 19.0. The van der Waals surface area contributed by atoms with Crippen LogP contribution < -0.4 is 10.6 Å². The van der Waals surface area contributed by atoms with Crippen molar-refractivity contribution >= 4 is 22.4 Å². The highest BCUT2D eigenvalue weighted by molar-refractivity contribution is 7.15. The standard InChI is InChI=1S/C12H20N4OS/c1-16(2)8-11(17)15-12-14-7-10(18-12)9-3-5-13-6-4-9/h7,9,13H,3-6,8H2,1-2H3,(H,14,15,17). The van der Waals surface area contributed by atoms with E-state index in [1.165, 1.54) is 4.88 Å². The van der Waals surface area contributed by atoms with Crippen LogP contribution in [-0.2, 0) is 4.79 Å². The Bertz CT molecular complexity index is 399. The van der Waals surface area contributed by atoms with Crippen LogP contribution in [0.3, 0.4) is 0 Å². The van der Waals surface area contributed by atoms with Crippen LogP contribution in [0.1, 0.15) is 23.6 Å². The van der Waals surface area contributed by atoms with E-state index in [0.29, 0.717) is 12.5 Å². The third-order valence-corrected chi connectivity index (χ3v) is 4.05. The molecule has 0 aromatic carbocycles. The van der Waals surface area contributed by atoms with E-state index in [1.807, 2.05) is 25.2 Å². The Morgan fingerprint density at radius 1 is 1.56 bits per heavy atom. The molecule has 1 saturated heterocycles. The molecule has 1 aromatic rings. The summed E-state index contributed by atoms with van der Waals surface area (Å²) < 4.78 is 0. The Morgan fingerprint density at radius 3 is 2.94 bits per heavy atom. The molecule has 1 fully saturated rings. The molecule has 18 heavy (non-hydrogen) atoms. The minimum atomic E-state index is -0.00814. The zero-order valence-electron chi connectivity index (χ0n) is 10.9. The number of piperidine rings is 1. The fourth-order valence-corrected chi connectivity index (χ4v) is 3.09. The molecule has 0 bridgehead atoms. The van der Waals surface area contributed by atoms with Crippen molar-refractivity contribution in [2.75, 3.05) is 39.0 Å². The first-order valence-corrected chi connectivity index (χ1v) is 7.08. The van der Waals surface area contributed by atoms with Crippen LogP contribution in [-0.4, -0.2) is 49.5 Å². The van der Waals surface area contributed by atoms with Crippen LogP contribution >= 0.6 is 11.3 Å². The van der Waals surface area contributed by atoms with Gasteiger partial charge in [-0.05, 0) is 45.9 Å². The van der Waals surface area contributed by atoms with E-state index in [1.54, 1.807) is 11.3 Å². The van der Waals surface area contributed by atoms with Crippen molar-refractivity contribution < 1.29 is 4.79 Å². The van der Waals surface area contributed by atoms with Gasteiger partial charge in [-0.15, -0.1) is 11.3 Å². The largest absolute Gasteiger partial charge is 0.317 e. The molecule has 1 aromatic heterocycles. The number of aromatic nitrogens is 1. The Kier molecular flexibility index (Phi) is 4.68. The van der Waals surface area contributed by atoms with Crippen molar-refractivity contribution in [3.05, 3.63) is 11.1 Å². The third-order valence-electron chi connectivity index (χ3n) is 2.97. The van der Waals surface area contributed by atoms with Crippen LogP contribution in [0, 0.1) is 0 Å². The van der Waals surface area contributed by atoms with Crippen molar-refractivity contribution in [1.82, 2.24) is 15.2 Å². The summed E-state index contributed by atoms with van der Waals surface area (Å²) >= 11 is 1.61. The van der Waals surface area contributed by atoms with Gasteiger partial charge in [-0.2, -0.15) is 0 Å². The second-order valence-electron chi connectivity index (χ2n) is 4.88. The maximum atomic E-state index is 11.6. The van der Waals surface area contributed by atoms with E-state index in [0.717, 1.165) is 31.1 Å². The molecule has 0 spiro atoms. The van der Waals surface area contributed by atoms with Gasteiger partial charge in [0.05, 0.1) is 6.54 Å². The van der Waals surface area contributed by atoms with Crippen LogP contribution in [0.4, 0.5) is 5.13 Å². The molecule has 6 heteroatoms. The predicted octanol–water partition coefficient (Wildman–Crippen LogP) is 1.11. The van der Waals surface area contributed by atoms with Gasteiger partial charge in [-0.1, -0.05) is 0 Å². The molecule has 0 unspecified atom stereocenters. The topological polar surface area (TPSA) is 57.3 Å². The molecular formula is C12H20N4OS. The molecule has 2 heterocycles. The molecule has 1 aliphatic heterocycles. The molecule has 0 saturated carbocycles. The van der Waals surface area contributed by atoms with Crippen molar-refractivity contribution in [3.63, 3.8) is 0 Å². The number of hydrogen-bond donors (Lipinski definition) is 2. The number of likely N-dealkylation sites (N-methyl/N-ethyl adjacent to an activating group) is 1. The van der Waals surface area contributed by atoms with Gasteiger partial charge in [-0.25, -0.2) is 4.98 Å². The summed E-state index contributed by atoms with van der Waals surface area (Å²) in [6, 6.07) is 0. The van der Waals surface area contributed by atoms with Crippen molar-refractivity contribution in [2.45, 2.75) is 18.8 Å². The molecule has 0 aliphatic carbocycles. The quantitative estimate of drug-likeness (QED) is 0.859. The highest BCUT2D eigenvalue weighted by Gasteiger charge is 2.18. The van der Waals surface area contributed by atoms with Crippen LogP contribution in [0.25, 0.3) is 0 Å². The number of amides is 1. The molecule has 0 radical (unpaired) electrons. The van der Waals surface area contributed by atoms with Gasteiger partial charge in [0.1, 0.15) is 0 Å². The summed E-state index contributed by atoms with van der Waals surface area (Å²) in [7, 11) is 3.75. The van der Waals surface area contributed by atoms with E-state index >= 15 is 0 Å². The average Bonchev–Trinajstić information content (AvgIpc) is 2.77. The lowest BCUT2D eigenvalue weighted by Crippen LogP contribution is -2.27. The number of thiazole rings is 1. The number of carbonyl (C=O) groups excluding carboxylic acids is 1. The zero-order valence-corrected chi connectivity index (χ0v) is 11.7. The fourth-order valence-electron chi connectivity index (χ4n) is 2.09. The summed E-state index contributed by atoms with van der Waals surface area (Å²) in [5.41, 5.74) is 0. The molecule has 2 N–H and O–H groups in total. The molecular weight excluding hydrogens is 248 g/mol. The molecule has 5 nitrogen and oxygen atoms in total. The molecule has 2 rings (SSSR count). The van der Waals surface area contributed by atoms with Crippen molar-refractivity contribution in [2.24, 2.45) is 0 Å². The Morgan fingerprint density at radius 2 is 2.28 bits per heavy atom. The zero-order chi connectivity index (χ0) is 13.0. The fraction of sp³-hybridized carbons (Fsp3) is 0.667. The van der Waals surface area contributed by atoms with Gasteiger partial charge in [-0.3, -0.25) is 4.79 Å². The number of nitrogens with zero attached hydrogens (tertiary/aromatic N) is 2. The normalized spacial score (nSPS) is 17.1. The van der Waals surface area contributed by atoms with E-state index in [-0.39, 0.29) is 5.91 Å². The number of rotatable bonds is 4. The summed E-state index contributed by atoms with van der Waals surface area (Å²) in [6.07, 6.45) is 4.23. The second-order valence-corrected chi connectivity index (χ2v) is 5.94. The van der Waals surface area contributed by atoms with E-state index in [2.05, 4.69) is 15.6 Å². The number of hydrogen-bond acceptors (Lipinski definition) is 5. The molecule has 1 aliphatic rings. The highest BCUT2D eigenvalue weighted by atomic mass is 32.1. The van der Waals surface area contributed by atoms with Gasteiger partial charge in [0.25, 0.3) is 0 Å². The first kappa shape index (κ1) is 13.5. The van der Waals surface area contributed by atoms with Gasteiger partial charge in [0.15, 0.2) is 5.13 Å². The number of nitrogens with one attached hydrogen (secondary N) is 2. The van der Waals surface area contributed by atoms with Gasteiger partial charge in [0, 0.05) is 11.1 Å². The Hall–Kier alpha value is -0.980. The van der Waals surface area contributed by atoms with Crippen LogP contribution in [0.15, 0.2) is 6.20 Å². The number of carbonyl (C=O) groups is 1. The molecule has 100 valence electrons. The highest BCUT2D eigenvalue weighted by Crippen LogP contribution is 2.31. The average molecular weight is 268 g/mol. The van der Waals surface area contributed by atoms with Gasteiger partial charge >= 0.3 is 0 Å². The van der Waals surface area contributed by atoms with Gasteiger partial charge in [0.2, 0.25) is 5.91 Å². The predicted molar refractivity (Wildman–Crippen MR) is 74.1 cm³/mol. The summed E-state index contributed by atoms with van der Waals surface area (Å²) in [6.45, 7) is 2.54. The minimum Gasteiger partial charge on any atom is -0.317 e. The summed E-state index contributed by atoms with van der Waals surface area (Å²) in [5.74, 6) is 0.592. The Labute approximate surface area is 112 Å². The Balaban J connectivity index is 1.91. The van der Waals surface area contributed by atoms with Crippen LogP contribution in [0.5, 0.6) is 0 Å². The maximum absolute atomic E-state index is 11.6. The van der Waals surface area contributed by atoms with E-state index in [9.17, 15) is 4.79 Å². The van der Waals surface area contributed by atoms with E-state index < -0.39 is 0 Å². The van der Waals surface area contributed by atoms with Crippen LogP contribution in [0.2, 0.25) is 0 Å². The lowest BCUT2D eigenvalue weighted by molar-refractivity contribution is -0.116. The lowest BCUT2D eigenvalue weighted by Gasteiger charge is -2.20. The number of anilines is 1. The molecule has 1 amide bonds. The minimum absolute atomic E-state index is 0.00814. The SMILES string of the molecule is CN(C)CC(=O)Nc1ncc(C2CCNCC2)s1. The molecule has 0 atom stereocenters. The van der Waals surface area contributed by atoms with E-state index in [4.69, 9.17) is 0 Å². The summed E-state index contributed by atoms with van der Waals surface area (Å²) in [5, 5.41) is 6.92. The lowest BCUT2D eigenvalue weighted by atomic mass is 9.97. The third kappa shape index (κ3) is 3.76. The van der Waals surface area contributed by atoms with Crippen molar-refractivity contribution in [1.29, 1.82) is 0 Å². The maximum Gasteiger partial charge on any atom is 0.240 e. The van der Waals surface area contributed by atoms with Crippen molar-refractivity contribution in [3.8, 4) is 0 Å². The smallest absolute Gasteiger partial charge is 0.240 e. The first-order valence-electron chi connectivity index (χ1n) is 6.26. The second kappa shape index (κ2) is 6.26.